The van der Waals surface area contributed by atoms with E-state index < -0.39 is 0 Å². The second-order valence-corrected chi connectivity index (χ2v) is 2.54. The van der Waals surface area contributed by atoms with Gasteiger partial charge >= 0.3 is 0 Å². The Balaban J connectivity index is 2.72. The molecule has 0 saturated heterocycles. The molecule has 1 aliphatic rings. The number of hydrazone groups is 1. The van der Waals surface area contributed by atoms with Gasteiger partial charge in [0.15, 0.2) is 0 Å². The molecule has 0 radical (unpaired) electrons. The quantitative estimate of drug-likeness (QED) is 0.543. The molecular weight excluding hydrogens is 142 g/mol. The first kappa shape index (κ1) is 7.73. The number of rotatable bonds is 1. The van der Waals surface area contributed by atoms with Gasteiger partial charge in [0, 0.05) is 7.05 Å². The van der Waals surface area contributed by atoms with Crippen LogP contribution in [0, 0.1) is 17.2 Å². The number of hydrogen-bond donors (Lipinski definition) is 0. The fourth-order valence-electron chi connectivity index (χ4n) is 0.867. The Morgan fingerprint density at radius 2 is 2.45 bits per heavy atom. The summed E-state index contributed by atoms with van der Waals surface area (Å²) in [7, 11) is 1.60. The molecule has 4 heteroatoms. The Morgan fingerprint density at radius 3 is 2.82 bits per heavy atom. The molecule has 0 fully saturated rings. The van der Waals surface area contributed by atoms with Crippen LogP contribution in [-0.4, -0.2) is 23.7 Å². The van der Waals surface area contributed by atoms with E-state index in [9.17, 15) is 4.79 Å². The van der Waals surface area contributed by atoms with E-state index in [4.69, 9.17) is 5.26 Å². The Bertz CT molecular complexity index is 251. The van der Waals surface area contributed by atoms with Crippen molar-refractivity contribution in [1.82, 2.24) is 5.01 Å². The van der Waals surface area contributed by atoms with E-state index in [0.717, 1.165) is 0 Å². The summed E-state index contributed by atoms with van der Waals surface area (Å²) < 4.78 is 0. The number of amides is 1. The number of hydrogen-bond acceptors (Lipinski definition) is 3. The average Bonchev–Trinajstić information content (AvgIpc) is 2.31. The van der Waals surface area contributed by atoms with Crippen molar-refractivity contribution in [2.45, 2.75) is 13.3 Å². The molecule has 1 amide bonds. The molecule has 0 aliphatic carbocycles. The van der Waals surface area contributed by atoms with Gasteiger partial charge in [-0.1, -0.05) is 0 Å². The Morgan fingerprint density at radius 1 is 1.82 bits per heavy atom. The third-order valence-electron chi connectivity index (χ3n) is 1.67. The molecule has 0 saturated carbocycles. The van der Waals surface area contributed by atoms with Crippen molar-refractivity contribution >= 4 is 11.6 Å². The number of nitrogens with zero attached hydrogens (tertiary/aromatic N) is 3. The molecule has 1 unspecified atom stereocenters. The summed E-state index contributed by atoms with van der Waals surface area (Å²) in [6, 6.07) is 2.04. The molecule has 58 valence electrons. The van der Waals surface area contributed by atoms with Crippen LogP contribution in [0.15, 0.2) is 5.10 Å². The molecular formula is C7H9N3O. The van der Waals surface area contributed by atoms with Gasteiger partial charge < -0.3 is 0 Å². The number of nitriles is 1. The molecule has 0 aromatic carbocycles. The van der Waals surface area contributed by atoms with Crippen molar-refractivity contribution in [2.24, 2.45) is 11.0 Å². The zero-order valence-corrected chi connectivity index (χ0v) is 6.53. The van der Waals surface area contributed by atoms with E-state index in [1.54, 1.807) is 14.0 Å². The molecule has 11 heavy (non-hydrogen) atoms. The van der Waals surface area contributed by atoms with Crippen molar-refractivity contribution in [3.8, 4) is 6.07 Å². The lowest BCUT2D eigenvalue weighted by molar-refractivity contribution is -0.127. The summed E-state index contributed by atoms with van der Waals surface area (Å²) in [4.78, 5) is 10.9. The highest BCUT2D eigenvalue weighted by atomic mass is 16.2. The number of carbonyl (C=O) groups excluding carboxylic acids is 1. The molecule has 4 nitrogen and oxygen atoms in total. The van der Waals surface area contributed by atoms with E-state index in [1.807, 2.05) is 6.07 Å². The summed E-state index contributed by atoms with van der Waals surface area (Å²) >= 11 is 0. The predicted molar refractivity (Wildman–Crippen MR) is 39.6 cm³/mol. The molecule has 0 bridgehead atoms. The standard InChI is InChI=1S/C7H9N3O/c1-5(4-8)6-3-7(11)10(2)9-6/h5H,3H2,1-2H3. The zero-order chi connectivity index (χ0) is 8.43. The highest BCUT2D eigenvalue weighted by molar-refractivity contribution is 6.06. The largest absolute Gasteiger partial charge is 0.273 e. The third kappa shape index (κ3) is 1.37. The van der Waals surface area contributed by atoms with Gasteiger partial charge in [-0.15, -0.1) is 0 Å². The van der Waals surface area contributed by atoms with Crippen LogP contribution >= 0.6 is 0 Å². The topological polar surface area (TPSA) is 56.5 Å². The SMILES string of the molecule is CC(C#N)C1=NN(C)C(=O)C1. The van der Waals surface area contributed by atoms with Gasteiger partial charge in [0.2, 0.25) is 5.91 Å². The van der Waals surface area contributed by atoms with E-state index in [1.165, 1.54) is 5.01 Å². The normalized spacial score (nSPS) is 19.5. The highest BCUT2D eigenvalue weighted by Gasteiger charge is 2.23. The van der Waals surface area contributed by atoms with E-state index >= 15 is 0 Å². The van der Waals surface area contributed by atoms with E-state index in [-0.39, 0.29) is 11.8 Å². The summed E-state index contributed by atoms with van der Waals surface area (Å²) in [5, 5.41) is 13.7. The van der Waals surface area contributed by atoms with Gasteiger partial charge in [-0.2, -0.15) is 10.4 Å². The maximum Gasteiger partial charge on any atom is 0.248 e. The molecule has 1 atom stereocenters. The molecule has 0 N–H and O–H groups in total. The molecule has 1 heterocycles. The van der Waals surface area contributed by atoms with Crippen LogP contribution in [0.25, 0.3) is 0 Å². The van der Waals surface area contributed by atoms with Crippen LogP contribution < -0.4 is 0 Å². The minimum Gasteiger partial charge on any atom is -0.273 e. The Labute approximate surface area is 65.1 Å². The third-order valence-corrected chi connectivity index (χ3v) is 1.67. The fourth-order valence-corrected chi connectivity index (χ4v) is 0.867. The van der Waals surface area contributed by atoms with Gasteiger partial charge in [0.05, 0.1) is 24.1 Å². The smallest absolute Gasteiger partial charge is 0.248 e. The Kier molecular flexibility index (Phi) is 1.90. The van der Waals surface area contributed by atoms with Gasteiger partial charge in [0.25, 0.3) is 0 Å². The second kappa shape index (κ2) is 2.70. The van der Waals surface area contributed by atoms with Crippen molar-refractivity contribution in [3.05, 3.63) is 0 Å². The average molecular weight is 151 g/mol. The van der Waals surface area contributed by atoms with Crippen LogP contribution in [0.2, 0.25) is 0 Å². The second-order valence-electron chi connectivity index (χ2n) is 2.54. The first-order chi connectivity index (χ1) is 5.15. The lowest BCUT2D eigenvalue weighted by atomic mass is 10.1. The minimum atomic E-state index is -0.246. The highest BCUT2D eigenvalue weighted by Crippen LogP contribution is 2.11. The number of carbonyl (C=O) groups is 1. The fraction of sp³-hybridized carbons (Fsp3) is 0.571. The Hall–Kier alpha value is -1.37. The van der Waals surface area contributed by atoms with Gasteiger partial charge in [-0.25, -0.2) is 5.01 Å². The van der Waals surface area contributed by atoms with Crippen molar-refractivity contribution < 1.29 is 4.79 Å². The first-order valence-corrected chi connectivity index (χ1v) is 3.38. The molecule has 0 spiro atoms. The summed E-state index contributed by atoms with van der Waals surface area (Å²) in [5.74, 6) is -0.286. The van der Waals surface area contributed by atoms with Gasteiger partial charge in [-0.3, -0.25) is 4.79 Å². The van der Waals surface area contributed by atoms with Gasteiger partial charge in [0.1, 0.15) is 0 Å². The van der Waals surface area contributed by atoms with Crippen LogP contribution in [0.1, 0.15) is 13.3 Å². The first-order valence-electron chi connectivity index (χ1n) is 3.38. The minimum absolute atomic E-state index is 0.0397. The summed E-state index contributed by atoms with van der Waals surface area (Å²) in [6.45, 7) is 1.74. The van der Waals surface area contributed by atoms with Crippen molar-refractivity contribution in [1.29, 1.82) is 5.26 Å². The van der Waals surface area contributed by atoms with Crippen LogP contribution in [-0.2, 0) is 4.79 Å². The predicted octanol–water partition coefficient (Wildman–Crippen LogP) is 0.364. The van der Waals surface area contributed by atoms with E-state index in [2.05, 4.69) is 5.10 Å². The monoisotopic (exact) mass is 151 g/mol. The van der Waals surface area contributed by atoms with Crippen LogP contribution in [0.5, 0.6) is 0 Å². The molecule has 0 aromatic heterocycles. The molecule has 1 rings (SSSR count). The molecule has 1 aliphatic heterocycles. The van der Waals surface area contributed by atoms with Gasteiger partial charge in [-0.05, 0) is 6.92 Å². The maximum absolute atomic E-state index is 10.9. The summed E-state index contributed by atoms with van der Waals surface area (Å²) in [6.07, 6.45) is 0.297. The van der Waals surface area contributed by atoms with Crippen molar-refractivity contribution in [2.75, 3.05) is 7.05 Å². The summed E-state index contributed by atoms with van der Waals surface area (Å²) in [5.41, 5.74) is 0.667. The lowest BCUT2D eigenvalue weighted by Gasteiger charge is -1.99. The van der Waals surface area contributed by atoms with Crippen LogP contribution in [0.3, 0.4) is 0 Å². The maximum atomic E-state index is 10.9. The zero-order valence-electron chi connectivity index (χ0n) is 6.53. The lowest BCUT2D eigenvalue weighted by Crippen LogP contribution is -2.14. The van der Waals surface area contributed by atoms with Crippen LogP contribution in [0.4, 0.5) is 0 Å². The van der Waals surface area contributed by atoms with E-state index in [0.29, 0.717) is 12.1 Å². The van der Waals surface area contributed by atoms with Crippen molar-refractivity contribution in [3.63, 3.8) is 0 Å². The molecule has 0 aromatic rings.